The fourth-order valence-corrected chi connectivity index (χ4v) is 4.87. The lowest BCUT2D eigenvalue weighted by Crippen LogP contribution is -2.63. The number of aliphatic hydroxyl groups is 1. The molecule has 0 atom stereocenters. The molecule has 2 saturated carbocycles. The van der Waals surface area contributed by atoms with Gasteiger partial charge in [-0.05, 0) is 51.0 Å². The van der Waals surface area contributed by atoms with Crippen LogP contribution in [-0.2, 0) is 10.5 Å². The van der Waals surface area contributed by atoms with E-state index in [2.05, 4.69) is 0 Å². The Hall–Kier alpha value is -1.42. The van der Waals surface area contributed by atoms with Crippen LogP contribution in [0.1, 0.15) is 51.0 Å². The number of hydrogen-bond donors (Lipinski definition) is 1. The molecule has 1 amide bonds. The fraction of sp³-hybridized carbons (Fsp3) is 0.650. The highest BCUT2D eigenvalue weighted by Gasteiger charge is 2.53. The van der Waals surface area contributed by atoms with Crippen LogP contribution in [0.3, 0.4) is 0 Å². The summed E-state index contributed by atoms with van der Waals surface area (Å²) in [6.07, 6.45) is 3.97. The SMILES string of the molecule is CC1(O)CC(C(=O)N2CC3(CCC(F)(c4ccccc4)CC3)C2)C1. The van der Waals surface area contributed by atoms with Crippen molar-refractivity contribution in [3.63, 3.8) is 0 Å². The lowest BCUT2D eigenvalue weighted by Gasteiger charge is -2.56. The first-order chi connectivity index (χ1) is 11.3. The maximum absolute atomic E-state index is 15.2. The molecule has 24 heavy (non-hydrogen) atoms. The highest BCUT2D eigenvalue weighted by atomic mass is 19.1. The van der Waals surface area contributed by atoms with E-state index in [1.807, 2.05) is 35.2 Å². The molecule has 0 aromatic heterocycles. The molecule has 3 nitrogen and oxygen atoms in total. The number of carbonyl (C=O) groups excluding carboxylic acids is 1. The molecule has 130 valence electrons. The smallest absolute Gasteiger partial charge is 0.225 e. The quantitative estimate of drug-likeness (QED) is 0.902. The summed E-state index contributed by atoms with van der Waals surface area (Å²) in [5.41, 5.74) is -0.934. The van der Waals surface area contributed by atoms with Gasteiger partial charge < -0.3 is 10.0 Å². The third kappa shape index (κ3) is 2.65. The molecule has 1 N–H and O–H groups in total. The summed E-state index contributed by atoms with van der Waals surface area (Å²) >= 11 is 0. The van der Waals surface area contributed by atoms with Crippen molar-refractivity contribution >= 4 is 5.91 Å². The Morgan fingerprint density at radius 2 is 1.71 bits per heavy atom. The summed E-state index contributed by atoms with van der Waals surface area (Å²) in [7, 11) is 0. The normalized spacial score (nSPS) is 33.6. The van der Waals surface area contributed by atoms with Gasteiger partial charge in [-0.1, -0.05) is 30.3 Å². The van der Waals surface area contributed by atoms with Crippen LogP contribution in [-0.4, -0.2) is 34.6 Å². The predicted octanol–water partition coefficient (Wildman–Crippen LogP) is 3.42. The average molecular weight is 331 g/mol. The number of likely N-dealkylation sites (tertiary alicyclic amines) is 1. The molecule has 0 unspecified atom stereocenters. The molecule has 1 aromatic rings. The first-order valence-electron chi connectivity index (χ1n) is 9.07. The van der Waals surface area contributed by atoms with Gasteiger partial charge in [0.15, 0.2) is 0 Å². The Bertz CT molecular complexity index is 618. The van der Waals surface area contributed by atoms with Gasteiger partial charge in [0.25, 0.3) is 0 Å². The third-order valence-corrected chi connectivity index (χ3v) is 6.48. The van der Waals surface area contributed by atoms with Crippen molar-refractivity contribution in [3.05, 3.63) is 35.9 Å². The molecule has 1 saturated heterocycles. The number of hydrogen-bond acceptors (Lipinski definition) is 2. The van der Waals surface area contributed by atoms with Crippen molar-refractivity contribution in [2.75, 3.05) is 13.1 Å². The van der Waals surface area contributed by atoms with E-state index in [9.17, 15) is 9.90 Å². The van der Waals surface area contributed by atoms with E-state index in [1.165, 1.54) is 0 Å². The molecule has 4 rings (SSSR count). The van der Waals surface area contributed by atoms with Crippen LogP contribution in [0.2, 0.25) is 0 Å². The van der Waals surface area contributed by atoms with Crippen LogP contribution in [0.5, 0.6) is 0 Å². The Morgan fingerprint density at radius 1 is 1.12 bits per heavy atom. The summed E-state index contributed by atoms with van der Waals surface area (Å²) in [5, 5.41) is 9.80. The highest BCUT2D eigenvalue weighted by molar-refractivity contribution is 5.81. The second kappa shape index (κ2) is 5.29. The summed E-state index contributed by atoms with van der Waals surface area (Å²) in [5.74, 6) is 0.179. The molecule has 1 aliphatic heterocycles. The average Bonchev–Trinajstić information content (AvgIpc) is 2.52. The summed E-state index contributed by atoms with van der Waals surface area (Å²) in [6.45, 7) is 3.34. The number of benzene rings is 1. The Kier molecular flexibility index (Phi) is 3.54. The van der Waals surface area contributed by atoms with Crippen LogP contribution in [0, 0.1) is 11.3 Å². The lowest BCUT2D eigenvalue weighted by molar-refractivity contribution is -0.165. The van der Waals surface area contributed by atoms with Crippen molar-refractivity contribution in [1.82, 2.24) is 4.90 Å². The molecular weight excluding hydrogens is 305 g/mol. The monoisotopic (exact) mass is 331 g/mol. The van der Waals surface area contributed by atoms with Crippen molar-refractivity contribution in [2.24, 2.45) is 11.3 Å². The maximum Gasteiger partial charge on any atom is 0.225 e. The minimum Gasteiger partial charge on any atom is -0.390 e. The van der Waals surface area contributed by atoms with Crippen molar-refractivity contribution < 1.29 is 14.3 Å². The largest absolute Gasteiger partial charge is 0.390 e. The van der Waals surface area contributed by atoms with E-state index in [1.54, 1.807) is 6.92 Å². The number of nitrogens with zero attached hydrogens (tertiary/aromatic N) is 1. The van der Waals surface area contributed by atoms with E-state index in [-0.39, 0.29) is 17.2 Å². The first kappa shape index (κ1) is 16.1. The van der Waals surface area contributed by atoms with Crippen LogP contribution in [0.15, 0.2) is 30.3 Å². The van der Waals surface area contributed by atoms with E-state index < -0.39 is 11.3 Å². The first-order valence-corrected chi connectivity index (χ1v) is 9.07. The number of alkyl halides is 1. The minimum atomic E-state index is -1.20. The van der Waals surface area contributed by atoms with Gasteiger partial charge in [0, 0.05) is 24.4 Å². The van der Waals surface area contributed by atoms with Crippen molar-refractivity contribution in [3.8, 4) is 0 Å². The standard InChI is InChI=1S/C20H26FNO2/c1-18(24)11-15(12-18)17(23)22-13-19(14-22)7-9-20(21,10-8-19)16-5-3-2-4-6-16/h2-6,15,24H,7-14H2,1H3. The Morgan fingerprint density at radius 3 is 2.25 bits per heavy atom. The van der Waals surface area contributed by atoms with Crippen LogP contribution in [0.4, 0.5) is 4.39 Å². The van der Waals surface area contributed by atoms with Gasteiger partial charge in [-0.3, -0.25) is 4.79 Å². The van der Waals surface area contributed by atoms with Gasteiger partial charge in [0.1, 0.15) is 5.67 Å². The van der Waals surface area contributed by atoms with Crippen molar-refractivity contribution in [2.45, 2.75) is 56.7 Å². The van der Waals surface area contributed by atoms with Gasteiger partial charge in [-0.15, -0.1) is 0 Å². The van der Waals surface area contributed by atoms with Crippen LogP contribution >= 0.6 is 0 Å². The molecule has 4 heteroatoms. The van der Waals surface area contributed by atoms with Crippen LogP contribution in [0.25, 0.3) is 0 Å². The van der Waals surface area contributed by atoms with Gasteiger partial charge in [-0.25, -0.2) is 4.39 Å². The zero-order valence-corrected chi connectivity index (χ0v) is 14.3. The zero-order valence-electron chi connectivity index (χ0n) is 14.3. The van der Waals surface area contributed by atoms with Gasteiger partial charge >= 0.3 is 0 Å². The predicted molar refractivity (Wildman–Crippen MR) is 90.1 cm³/mol. The van der Waals surface area contributed by atoms with Gasteiger partial charge in [0.2, 0.25) is 5.91 Å². The highest BCUT2D eigenvalue weighted by Crippen LogP contribution is 2.52. The second-order valence-electron chi connectivity index (χ2n) is 8.63. The number of amides is 1. The number of rotatable bonds is 2. The maximum atomic E-state index is 15.2. The topological polar surface area (TPSA) is 40.5 Å². The number of halogens is 1. The van der Waals surface area contributed by atoms with Gasteiger partial charge in [0.05, 0.1) is 5.60 Å². The molecule has 0 radical (unpaired) electrons. The Balaban J connectivity index is 1.32. The lowest BCUT2D eigenvalue weighted by atomic mass is 9.63. The molecule has 1 heterocycles. The van der Waals surface area contributed by atoms with E-state index >= 15 is 4.39 Å². The zero-order chi connectivity index (χ0) is 17.0. The molecule has 3 aliphatic rings. The van der Waals surface area contributed by atoms with E-state index in [0.717, 1.165) is 31.5 Å². The molecule has 0 bridgehead atoms. The molecule has 2 aliphatic carbocycles. The third-order valence-electron chi connectivity index (χ3n) is 6.48. The van der Waals surface area contributed by atoms with E-state index in [4.69, 9.17) is 0 Å². The minimum absolute atomic E-state index is 0.00877. The molecular formula is C20H26FNO2. The summed E-state index contributed by atoms with van der Waals surface area (Å²) in [6, 6.07) is 9.50. The van der Waals surface area contributed by atoms with Crippen LogP contribution < -0.4 is 0 Å². The number of carbonyl (C=O) groups is 1. The second-order valence-corrected chi connectivity index (χ2v) is 8.63. The molecule has 3 fully saturated rings. The van der Waals surface area contributed by atoms with E-state index in [0.29, 0.717) is 25.7 Å². The molecule has 1 aromatic carbocycles. The summed E-state index contributed by atoms with van der Waals surface area (Å²) in [4.78, 5) is 14.3. The summed E-state index contributed by atoms with van der Waals surface area (Å²) < 4.78 is 15.2. The van der Waals surface area contributed by atoms with Crippen molar-refractivity contribution in [1.29, 1.82) is 0 Å². The van der Waals surface area contributed by atoms with Gasteiger partial charge in [-0.2, -0.15) is 0 Å². The molecule has 1 spiro atoms. The Labute approximate surface area is 142 Å². The fourth-order valence-electron chi connectivity index (χ4n) is 4.87.